The summed E-state index contributed by atoms with van der Waals surface area (Å²) in [5.74, 6) is 1.59. The van der Waals surface area contributed by atoms with Crippen LogP contribution in [0.5, 0.6) is 0 Å². The van der Waals surface area contributed by atoms with E-state index < -0.39 is 40.8 Å². The number of alkyl halides is 4. The molecule has 0 aliphatic carbocycles. The Morgan fingerprint density at radius 2 is 1.68 bits per heavy atom. The molecule has 0 aliphatic heterocycles. The maximum atomic E-state index is 14.3. The van der Waals surface area contributed by atoms with E-state index in [2.05, 4.69) is 29.3 Å². The van der Waals surface area contributed by atoms with Gasteiger partial charge in [-0.05, 0) is 50.1 Å². The van der Waals surface area contributed by atoms with E-state index in [0.717, 1.165) is 6.26 Å². The molecule has 0 aliphatic rings. The average Bonchev–Trinajstić information content (AvgIpc) is 3.29. The van der Waals surface area contributed by atoms with Crippen molar-refractivity contribution in [2.24, 2.45) is 0 Å². The largest absolute Gasteiger partial charge is 0.433 e. The van der Waals surface area contributed by atoms with Gasteiger partial charge in [0.2, 0.25) is 5.91 Å². The Morgan fingerprint density at radius 3 is 2.10 bits per heavy atom. The summed E-state index contributed by atoms with van der Waals surface area (Å²) in [6.07, 6.45) is 3.94. The lowest BCUT2D eigenvalue weighted by molar-refractivity contribution is -0.144. The molecule has 3 rings (SSSR count). The van der Waals surface area contributed by atoms with Crippen LogP contribution in [0.25, 0.3) is 16.8 Å². The molecule has 0 bridgehead atoms. The smallest absolute Gasteiger partial charge is 0.324 e. The van der Waals surface area contributed by atoms with E-state index in [-0.39, 0.29) is 16.2 Å². The van der Waals surface area contributed by atoms with Gasteiger partial charge in [-0.15, -0.1) is 18.9 Å². The fraction of sp³-hybridized carbons (Fsp3) is 0.267. The molecule has 3 aromatic rings. The highest BCUT2D eigenvalue weighted by Crippen LogP contribution is 2.41. The second-order valence-corrected chi connectivity index (χ2v) is 10.4. The van der Waals surface area contributed by atoms with Crippen molar-refractivity contribution in [3.05, 3.63) is 84.6 Å². The topological polar surface area (TPSA) is 81.1 Å². The lowest BCUT2D eigenvalue weighted by Crippen LogP contribution is -2.24. The number of anilines is 1. The Balaban J connectivity index is 0.00000108. The van der Waals surface area contributed by atoms with Gasteiger partial charge in [-0.2, -0.15) is 18.3 Å². The number of aromatic nitrogens is 2. The summed E-state index contributed by atoms with van der Waals surface area (Å²) in [5.41, 5.74) is 0.0275. The molecule has 0 saturated heterocycles. The molecule has 0 spiro atoms. The molecule has 41 heavy (non-hydrogen) atoms. The van der Waals surface area contributed by atoms with Crippen LogP contribution in [0.4, 0.5) is 23.2 Å². The van der Waals surface area contributed by atoms with E-state index in [1.165, 1.54) is 30.3 Å². The highest BCUT2D eigenvalue weighted by molar-refractivity contribution is 7.90. The number of allylic oxidation sites excluding steroid dienone is 3. The van der Waals surface area contributed by atoms with Crippen molar-refractivity contribution in [3.63, 3.8) is 0 Å². The second-order valence-electron chi connectivity index (χ2n) is 8.34. The molecule has 1 N–H and O–H groups in total. The first-order valence-corrected chi connectivity index (χ1v) is 14.2. The first-order chi connectivity index (χ1) is 19.3. The summed E-state index contributed by atoms with van der Waals surface area (Å²) >= 11 is 0. The van der Waals surface area contributed by atoms with Gasteiger partial charge in [0, 0.05) is 23.1 Å². The Kier molecular flexibility index (Phi) is 13.8. The summed E-state index contributed by atoms with van der Waals surface area (Å²) in [6, 6.07) is 13.9. The number of carbonyl (C=O) groups is 1. The van der Waals surface area contributed by atoms with Gasteiger partial charge < -0.3 is 5.32 Å². The van der Waals surface area contributed by atoms with Gasteiger partial charge in [-0.1, -0.05) is 49.4 Å². The van der Waals surface area contributed by atoms with E-state index in [1.807, 2.05) is 0 Å². The van der Waals surface area contributed by atoms with Gasteiger partial charge in [-0.25, -0.2) is 17.5 Å². The van der Waals surface area contributed by atoms with E-state index in [4.69, 9.17) is 0 Å². The minimum atomic E-state index is -4.79. The van der Waals surface area contributed by atoms with Gasteiger partial charge in [0.15, 0.2) is 15.5 Å². The quantitative estimate of drug-likeness (QED) is 0.171. The monoisotopic (exact) mass is 591 g/mol. The molecule has 0 fully saturated rings. The summed E-state index contributed by atoms with van der Waals surface area (Å²) < 4.78 is 77.6. The number of nitrogens with zero attached hydrogens (tertiary/aromatic N) is 2. The van der Waals surface area contributed by atoms with Crippen molar-refractivity contribution >= 4 is 27.0 Å². The number of sulfone groups is 1. The SMILES string of the molecule is C#CC.C/C=C(\CC)c1c(-c2ccc(S(C)(=O)=O)cc2)nn(CC(=O)Nc2ccccc2)c1C(F)(F)F.C=CCF. The molecule has 220 valence electrons. The van der Waals surface area contributed by atoms with E-state index in [1.54, 1.807) is 57.2 Å². The van der Waals surface area contributed by atoms with E-state index in [0.29, 0.717) is 27.9 Å². The summed E-state index contributed by atoms with van der Waals surface area (Å²) in [5, 5.41) is 6.75. The fourth-order valence-electron chi connectivity index (χ4n) is 3.61. The molecule has 1 amide bonds. The zero-order valence-electron chi connectivity index (χ0n) is 23.3. The molecule has 0 saturated carbocycles. The standard InChI is InChI=1S/C24H24F3N3O3S.C3H5F.C3H4/c1-4-16(5-2)21-22(17-11-13-19(14-12-17)34(3,32)33)29-30(23(21)24(25,26)27)15-20(31)28-18-9-7-6-8-10-18;1-2-3-4;1-3-2/h4,6-14H,5,15H2,1-3H3,(H,28,31);2H,1,3H2;1H,2H3/b16-4+;;. The van der Waals surface area contributed by atoms with Gasteiger partial charge in [0.1, 0.15) is 18.9 Å². The molecule has 0 atom stereocenters. The first kappa shape index (κ1) is 34.9. The third-order valence-electron chi connectivity index (χ3n) is 5.29. The van der Waals surface area contributed by atoms with Gasteiger partial charge in [0.25, 0.3) is 0 Å². The summed E-state index contributed by atoms with van der Waals surface area (Å²) in [7, 11) is -3.48. The van der Waals surface area contributed by atoms with Crippen LogP contribution in [0.15, 0.2) is 78.2 Å². The minimum absolute atomic E-state index is 0.0230. The highest BCUT2D eigenvalue weighted by atomic mass is 32.2. The van der Waals surface area contributed by atoms with Crippen LogP contribution in [-0.4, -0.2) is 37.0 Å². The van der Waals surface area contributed by atoms with Gasteiger partial charge in [0.05, 0.1) is 4.90 Å². The van der Waals surface area contributed by atoms with Crippen molar-refractivity contribution in [1.82, 2.24) is 9.78 Å². The van der Waals surface area contributed by atoms with Crippen LogP contribution >= 0.6 is 0 Å². The highest BCUT2D eigenvalue weighted by Gasteiger charge is 2.41. The predicted molar refractivity (Wildman–Crippen MR) is 155 cm³/mol. The van der Waals surface area contributed by atoms with Crippen molar-refractivity contribution in [2.45, 2.75) is 44.8 Å². The minimum Gasteiger partial charge on any atom is -0.324 e. The van der Waals surface area contributed by atoms with Crippen molar-refractivity contribution in [2.75, 3.05) is 18.2 Å². The number of hydrogen-bond acceptors (Lipinski definition) is 4. The third-order valence-corrected chi connectivity index (χ3v) is 6.42. The van der Waals surface area contributed by atoms with Crippen LogP contribution in [0, 0.1) is 12.3 Å². The number of amides is 1. The van der Waals surface area contributed by atoms with Gasteiger partial charge in [-0.3, -0.25) is 4.79 Å². The molecule has 0 unspecified atom stereocenters. The number of terminal acetylenes is 1. The number of rotatable bonds is 8. The summed E-state index contributed by atoms with van der Waals surface area (Å²) in [6.45, 7) is 7.05. The van der Waals surface area contributed by atoms with Crippen molar-refractivity contribution in [1.29, 1.82) is 0 Å². The number of carbonyl (C=O) groups excluding carboxylic acids is 1. The first-order valence-electron chi connectivity index (χ1n) is 12.3. The van der Waals surface area contributed by atoms with Crippen LogP contribution in [0.1, 0.15) is 38.4 Å². The Hall–Kier alpha value is -4.17. The summed E-state index contributed by atoms with van der Waals surface area (Å²) in [4.78, 5) is 12.6. The number of benzene rings is 2. The maximum absolute atomic E-state index is 14.3. The van der Waals surface area contributed by atoms with Crippen LogP contribution < -0.4 is 5.32 Å². The van der Waals surface area contributed by atoms with E-state index in [9.17, 15) is 30.8 Å². The molecule has 6 nitrogen and oxygen atoms in total. The molecule has 11 heteroatoms. The number of para-hydroxylation sites is 1. The van der Waals surface area contributed by atoms with E-state index >= 15 is 0 Å². The van der Waals surface area contributed by atoms with Crippen molar-refractivity contribution < 1.29 is 30.8 Å². The zero-order chi connectivity index (χ0) is 31.2. The van der Waals surface area contributed by atoms with Crippen molar-refractivity contribution in [3.8, 4) is 23.6 Å². The Labute approximate surface area is 238 Å². The maximum Gasteiger partial charge on any atom is 0.433 e. The number of nitrogens with one attached hydrogen (secondary N) is 1. The van der Waals surface area contributed by atoms with Crippen LogP contribution in [-0.2, 0) is 27.4 Å². The number of hydrogen-bond donors (Lipinski definition) is 1. The molecular formula is C30H33F4N3O3S. The van der Waals surface area contributed by atoms with Crippen LogP contribution in [0.3, 0.4) is 0 Å². The average molecular weight is 592 g/mol. The fourth-order valence-corrected chi connectivity index (χ4v) is 4.24. The molecule has 1 heterocycles. The third kappa shape index (κ3) is 10.4. The Morgan fingerprint density at radius 1 is 1.15 bits per heavy atom. The number of halogens is 4. The van der Waals surface area contributed by atoms with Crippen LogP contribution in [0.2, 0.25) is 0 Å². The lowest BCUT2D eigenvalue weighted by atomic mass is 9.96. The zero-order valence-corrected chi connectivity index (χ0v) is 24.1. The lowest BCUT2D eigenvalue weighted by Gasteiger charge is -2.14. The molecule has 0 radical (unpaired) electrons. The molecule has 2 aromatic carbocycles. The molecular weight excluding hydrogens is 558 g/mol. The predicted octanol–water partition coefficient (Wildman–Crippen LogP) is 7.21. The normalized spacial score (nSPS) is 11.2. The van der Waals surface area contributed by atoms with Gasteiger partial charge >= 0.3 is 6.18 Å². The molecule has 1 aromatic heterocycles. The second kappa shape index (κ2) is 16.2. The Bertz CT molecular complexity index is 1470.